The number of nitrogens with one attached hydrogen (secondary N) is 2. The van der Waals surface area contributed by atoms with E-state index in [4.69, 9.17) is 4.74 Å². The first-order valence-electron chi connectivity index (χ1n) is 9.36. The molecular formula is C20H24N2O4. The molecule has 2 N–H and O–H groups in total. The van der Waals surface area contributed by atoms with Gasteiger partial charge in [0.05, 0.1) is 12.0 Å². The fraction of sp³-hybridized carbons (Fsp3) is 0.550. The fourth-order valence-corrected chi connectivity index (χ4v) is 5.26. The number of amides is 2. The third-order valence-electron chi connectivity index (χ3n) is 6.52. The Hall–Kier alpha value is -2.21. The Morgan fingerprint density at radius 2 is 1.96 bits per heavy atom. The van der Waals surface area contributed by atoms with Crippen LogP contribution in [0.1, 0.15) is 44.2 Å². The third kappa shape index (κ3) is 2.24. The van der Waals surface area contributed by atoms with E-state index in [1.807, 2.05) is 30.3 Å². The summed E-state index contributed by atoms with van der Waals surface area (Å²) in [5, 5.41) is 5.98. The lowest BCUT2D eigenvalue weighted by Crippen LogP contribution is -2.72. The van der Waals surface area contributed by atoms with Crippen LogP contribution in [-0.4, -0.2) is 30.9 Å². The Labute approximate surface area is 152 Å². The van der Waals surface area contributed by atoms with Crippen molar-refractivity contribution in [3.63, 3.8) is 0 Å². The summed E-state index contributed by atoms with van der Waals surface area (Å²) in [5.41, 5.74) is -0.862. The van der Waals surface area contributed by atoms with Gasteiger partial charge in [-0.25, -0.2) is 0 Å². The number of rotatable bonds is 3. The molecular weight excluding hydrogens is 332 g/mol. The largest absolute Gasteiger partial charge is 0.465 e. The van der Waals surface area contributed by atoms with Gasteiger partial charge in [-0.2, -0.15) is 0 Å². The number of hydrogen-bond donors (Lipinski definition) is 2. The van der Waals surface area contributed by atoms with Gasteiger partial charge in [-0.3, -0.25) is 19.7 Å². The van der Waals surface area contributed by atoms with Gasteiger partial charge in [0.2, 0.25) is 11.8 Å². The number of carbonyl (C=O) groups excluding carboxylic acids is 3. The van der Waals surface area contributed by atoms with Crippen LogP contribution in [-0.2, 0) is 19.1 Å². The van der Waals surface area contributed by atoms with Crippen molar-refractivity contribution in [3.05, 3.63) is 35.9 Å². The number of hydrogen-bond acceptors (Lipinski definition) is 5. The maximum atomic E-state index is 12.9. The average molecular weight is 356 g/mol. The molecule has 0 unspecified atom stereocenters. The van der Waals surface area contributed by atoms with E-state index in [-0.39, 0.29) is 24.5 Å². The molecule has 1 saturated carbocycles. The minimum atomic E-state index is -1.25. The van der Waals surface area contributed by atoms with Crippen LogP contribution in [0.15, 0.2) is 30.3 Å². The molecule has 3 fully saturated rings. The first-order valence-corrected chi connectivity index (χ1v) is 9.36. The number of piperidine rings is 2. The smallest absolute Gasteiger partial charge is 0.321 e. The van der Waals surface area contributed by atoms with E-state index in [1.54, 1.807) is 6.92 Å². The Morgan fingerprint density at radius 1 is 1.19 bits per heavy atom. The number of carbonyl (C=O) groups is 3. The maximum absolute atomic E-state index is 12.9. The highest BCUT2D eigenvalue weighted by molar-refractivity contribution is 6.13. The highest BCUT2D eigenvalue weighted by Gasteiger charge is 2.69. The summed E-state index contributed by atoms with van der Waals surface area (Å²) < 4.78 is 5.32. The zero-order valence-electron chi connectivity index (χ0n) is 14.9. The summed E-state index contributed by atoms with van der Waals surface area (Å²) in [6.45, 7) is 2.44. The lowest BCUT2D eigenvalue weighted by atomic mass is 9.48. The molecule has 4 atom stereocenters. The molecule has 1 aromatic rings. The Kier molecular flexibility index (Phi) is 4.10. The average Bonchev–Trinajstić information content (AvgIpc) is 2.66. The van der Waals surface area contributed by atoms with Crippen LogP contribution < -0.4 is 10.6 Å². The van der Waals surface area contributed by atoms with Gasteiger partial charge in [0.25, 0.3) is 0 Å². The second-order valence-corrected chi connectivity index (χ2v) is 7.62. The molecule has 0 spiro atoms. The van der Waals surface area contributed by atoms with Crippen molar-refractivity contribution in [2.24, 2.45) is 16.7 Å². The van der Waals surface area contributed by atoms with Crippen LogP contribution in [0.25, 0.3) is 0 Å². The van der Waals surface area contributed by atoms with Crippen molar-refractivity contribution in [1.29, 1.82) is 0 Å². The second kappa shape index (κ2) is 6.20. The standard InChI is InChI=1S/C20H24N2O4/c1-2-26-18(25)20-10-6-9-19(16(23)22-17(20)24)12-21-14(11-15(19)20)13-7-4-3-5-8-13/h3-5,7-8,14-15,21H,2,6,9-12H2,1H3,(H,22,23,24)/t14-,15-,19+,20+/m1/s1. The topological polar surface area (TPSA) is 84.5 Å². The maximum Gasteiger partial charge on any atom is 0.321 e. The quantitative estimate of drug-likeness (QED) is 0.489. The van der Waals surface area contributed by atoms with E-state index in [2.05, 4.69) is 10.6 Å². The van der Waals surface area contributed by atoms with Crippen LogP contribution in [0.5, 0.6) is 0 Å². The van der Waals surface area contributed by atoms with Crippen molar-refractivity contribution in [2.45, 2.75) is 38.6 Å². The van der Waals surface area contributed by atoms with Gasteiger partial charge in [0.15, 0.2) is 5.41 Å². The van der Waals surface area contributed by atoms with Crippen LogP contribution in [0.3, 0.4) is 0 Å². The van der Waals surface area contributed by atoms with E-state index in [0.29, 0.717) is 32.2 Å². The normalized spacial score (nSPS) is 36.0. The molecule has 1 aliphatic carbocycles. The molecule has 2 aliphatic heterocycles. The van der Waals surface area contributed by atoms with E-state index in [0.717, 1.165) is 5.56 Å². The minimum Gasteiger partial charge on any atom is -0.465 e. The van der Waals surface area contributed by atoms with E-state index in [1.165, 1.54) is 0 Å². The molecule has 2 amide bonds. The highest BCUT2D eigenvalue weighted by atomic mass is 16.5. The SMILES string of the molecule is CCOC(=O)[C@@]12CCC[C@@]3(CN[C@@H](c4ccccc4)C[C@H]31)C(=O)NC2=O. The van der Waals surface area contributed by atoms with Crippen molar-refractivity contribution in [2.75, 3.05) is 13.2 Å². The highest BCUT2D eigenvalue weighted by Crippen LogP contribution is 2.59. The van der Waals surface area contributed by atoms with Gasteiger partial charge < -0.3 is 10.1 Å². The van der Waals surface area contributed by atoms with Crippen LogP contribution in [0.4, 0.5) is 0 Å². The molecule has 6 heteroatoms. The van der Waals surface area contributed by atoms with Crippen molar-refractivity contribution < 1.29 is 19.1 Å². The van der Waals surface area contributed by atoms with Crippen molar-refractivity contribution >= 4 is 17.8 Å². The molecule has 138 valence electrons. The summed E-state index contributed by atoms with van der Waals surface area (Å²) in [6, 6.07) is 9.99. The molecule has 0 radical (unpaired) electrons. The monoisotopic (exact) mass is 356 g/mol. The third-order valence-corrected chi connectivity index (χ3v) is 6.52. The van der Waals surface area contributed by atoms with Crippen molar-refractivity contribution in [3.8, 4) is 0 Å². The van der Waals surface area contributed by atoms with Crippen LogP contribution in [0.2, 0.25) is 0 Å². The van der Waals surface area contributed by atoms with E-state index in [9.17, 15) is 14.4 Å². The summed E-state index contributed by atoms with van der Waals surface area (Å²) >= 11 is 0. The van der Waals surface area contributed by atoms with Gasteiger partial charge in [0.1, 0.15) is 0 Å². The Morgan fingerprint density at radius 3 is 2.69 bits per heavy atom. The first-order chi connectivity index (χ1) is 12.5. The van der Waals surface area contributed by atoms with Gasteiger partial charge in [-0.15, -0.1) is 0 Å². The first kappa shape index (κ1) is 17.2. The van der Waals surface area contributed by atoms with Gasteiger partial charge in [-0.05, 0) is 31.7 Å². The van der Waals surface area contributed by atoms with Gasteiger partial charge in [-0.1, -0.05) is 36.8 Å². The second-order valence-electron chi connectivity index (χ2n) is 7.62. The number of ether oxygens (including phenoxy) is 1. The van der Waals surface area contributed by atoms with Gasteiger partial charge >= 0.3 is 5.97 Å². The predicted molar refractivity (Wildman–Crippen MR) is 93.8 cm³/mol. The molecule has 2 saturated heterocycles. The zero-order valence-corrected chi connectivity index (χ0v) is 14.9. The van der Waals surface area contributed by atoms with Crippen LogP contribution >= 0.6 is 0 Å². The molecule has 1 aromatic carbocycles. The molecule has 0 aromatic heterocycles. The molecule has 4 rings (SSSR count). The minimum absolute atomic E-state index is 0.0138. The van der Waals surface area contributed by atoms with Crippen LogP contribution in [0, 0.1) is 16.7 Å². The lowest BCUT2D eigenvalue weighted by molar-refractivity contribution is -0.188. The molecule has 26 heavy (non-hydrogen) atoms. The zero-order chi connectivity index (χ0) is 18.4. The van der Waals surface area contributed by atoms with Gasteiger partial charge in [0, 0.05) is 18.5 Å². The fourth-order valence-electron chi connectivity index (χ4n) is 5.26. The summed E-state index contributed by atoms with van der Waals surface area (Å²) in [6.07, 6.45) is 2.37. The van der Waals surface area contributed by atoms with Crippen molar-refractivity contribution in [1.82, 2.24) is 10.6 Å². The Bertz CT molecular complexity index is 749. The molecule has 2 bridgehead atoms. The van der Waals surface area contributed by atoms with E-state index < -0.39 is 22.7 Å². The molecule has 2 heterocycles. The molecule has 3 aliphatic rings. The summed E-state index contributed by atoms with van der Waals surface area (Å²) in [4.78, 5) is 38.6. The summed E-state index contributed by atoms with van der Waals surface area (Å²) in [7, 11) is 0. The lowest BCUT2D eigenvalue weighted by Gasteiger charge is -2.58. The summed E-state index contributed by atoms with van der Waals surface area (Å²) in [5.74, 6) is -1.54. The van der Waals surface area contributed by atoms with E-state index >= 15 is 0 Å². The Balaban J connectivity index is 1.77. The molecule has 6 nitrogen and oxygen atoms in total. The predicted octanol–water partition coefficient (Wildman–Crippen LogP) is 1.71. The number of imide groups is 1. The number of benzene rings is 1. The number of esters is 1.